The summed E-state index contributed by atoms with van der Waals surface area (Å²) in [7, 11) is 1.72. The molecule has 0 spiro atoms. The van der Waals surface area contributed by atoms with E-state index in [1.165, 1.54) is 0 Å². The largest absolute Gasteiger partial charge is 0.327 e. The molecule has 0 saturated carbocycles. The average Bonchev–Trinajstić information content (AvgIpc) is 2.27. The number of pyridine rings is 1. The molecule has 1 rings (SSSR count). The number of hydrogen-bond donors (Lipinski definition) is 1. The molecule has 0 bridgehead atoms. The molecule has 1 unspecified atom stereocenters. The molecule has 94 valence electrons. The maximum atomic E-state index is 12.0. The first-order valence-corrected chi connectivity index (χ1v) is 5.75. The Morgan fingerprint density at radius 3 is 2.59 bits per heavy atom. The van der Waals surface area contributed by atoms with Crippen LogP contribution in [-0.4, -0.2) is 24.0 Å². The van der Waals surface area contributed by atoms with Crippen LogP contribution in [0.5, 0.6) is 0 Å². The zero-order valence-electron chi connectivity index (χ0n) is 11.0. The monoisotopic (exact) mass is 235 g/mol. The van der Waals surface area contributed by atoms with Gasteiger partial charge in [0.25, 0.3) is 0 Å². The van der Waals surface area contributed by atoms with Crippen molar-refractivity contribution in [2.75, 3.05) is 11.9 Å². The van der Waals surface area contributed by atoms with Gasteiger partial charge in [-0.25, -0.2) is 4.98 Å². The van der Waals surface area contributed by atoms with E-state index in [4.69, 9.17) is 5.73 Å². The molecule has 1 aromatic heterocycles. The fourth-order valence-electron chi connectivity index (χ4n) is 1.31. The molecule has 1 heterocycles. The van der Waals surface area contributed by atoms with Crippen LogP contribution in [0.4, 0.5) is 5.82 Å². The van der Waals surface area contributed by atoms with E-state index in [-0.39, 0.29) is 17.4 Å². The Balaban J connectivity index is 2.66. The van der Waals surface area contributed by atoms with E-state index >= 15 is 0 Å². The summed E-state index contributed by atoms with van der Waals surface area (Å²) in [5, 5.41) is 0. The van der Waals surface area contributed by atoms with Crippen LogP contribution in [0, 0.1) is 5.41 Å². The molecule has 4 heteroatoms. The first-order chi connectivity index (χ1) is 7.82. The highest BCUT2D eigenvalue weighted by atomic mass is 16.2. The molecule has 4 nitrogen and oxygen atoms in total. The lowest BCUT2D eigenvalue weighted by Gasteiger charge is -2.28. The van der Waals surface area contributed by atoms with Gasteiger partial charge in [0.2, 0.25) is 5.91 Å². The molecule has 1 atom stereocenters. The number of anilines is 1. The molecule has 1 aromatic rings. The Kier molecular flexibility index (Phi) is 4.23. The van der Waals surface area contributed by atoms with Crippen molar-refractivity contribution in [3.8, 4) is 0 Å². The Morgan fingerprint density at radius 1 is 1.47 bits per heavy atom. The molecule has 0 radical (unpaired) electrons. The van der Waals surface area contributed by atoms with Gasteiger partial charge in [0.1, 0.15) is 5.82 Å². The summed E-state index contributed by atoms with van der Waals surface area (Å²) in [5.74, 6) is 0.643. The van der Waals surface area contributed by atoms with Crippen LogP contribution in [-0.2, 0) is 4.79 Å². The topological polar surface area (TPSA) is 59.2 Å². The number of nitrogens with zero attached hydrogens (tertiary/aromatic N) is 2. The third-order valence-corrected chi connectivity index (χ3v) is 2.87. The summed E-state index contributed by atoms with van der Waals surface area (Å²) in [6, 6.07) is 5.33. The Bertz CT molecular complexity index is 370. The summed E-state index contributed by atoms with van der Waals surface area (Å²) < 4.78 is 0. The van der Waals surface area contributed by atoms with Crippen molar-refractivity contribution in [3.05, 3.63) is 24.4 Å². The normalized spacial score (nSPS) is 13.2. The van der Waals surface area contributed by atoms with Crippen LogP contribution in [0.2, 0.25) is 0 Å². The van der Waals surface area contributed by atoms with E-state index in [0.717, 1.165) is 0 Å². The van der Waals surface area contributed by atoms with Crippen molar-refractivity contribution in [1.82, 2.24) is 4.98 Å². The van der Waals surface area contributed by atoms with Gasteiger partial charge in [0.05, 0.1) is 0 Å². The molecular weight excluding hydrogens is 214 g/mol. The molecule has 0 aliphatic heterocycles. The van der Waals surface area contributed by atoms with Crippen molar-refractivity contribution in [2.24, 2.45) is 11.1 Å². The van der Waals surface area contributed by atoms with E-state index in [1.54, 1.807) is 24.2 Å². The molecule has 0 fully saturated rings. The lowest BCUT2D eigenvalue weighted by molar-refractivity contribution is -0.119. The zero-order chi connectivity index (χ0) is 13.1. The summed E-state index contributed by atoms with van der Waals surface area (Å²) >= 11 is 0. The summed E-state index contributed by atoms with van der Waals surface area (Å²) in [5.41, 5.74) is 5.93. The van der Waals surface area contributed by atoms with Crippen LogP contribution < -0.4 is 10.6 Å². The van der Waals surface area contributed by atoms with E-state index in [1.807, 2.05) is 32.9 Å². The van der Waals surface area contributed by atoms with E-state index in [9.17, 15) is 4.79 Å². The first kappa shape index (κ1) is 13.6. The van der Waals surface area contributed by atoms with Gasteiger partial charge in [-0.15, -0.1) is 0 Å². The van der Waals surface area contributed by atoms with Gasteiger partial charge in [-0.3, -0.25) is 9.69 Å². The van der Waals surface area contributed by atoms with Crippen molar-refractivity contribution in [1.29, 1.82) is 0 Å². The summed E-state index contributed by atoms with van der Waals surface area (Å²) in [6.45, 7) is 6.10. The van der Waals surface area contributed by atoms with Gasteiger partial charge in [-0.2, -0.15) is 0 Å². The number of carbonyl (C=O) groups excluding carboxylic acids is 1. The van der Waals surface area contributed by atoms with E-state index < -0.39 is 0 Å². The molecule has 2 N–H and O–H groups in total. The molecule has 17 heavy (non-hydrogen) atoms. The number of amides is 1. The second kappa shape index (κ2) is 5.27. The highest BCUT2D eigenvalue weighted by Gasteiger charge is 2.25. The third kappa shape index (κ3) is 3.82. The fraction of sp³-hybridized carbons (Fsp3) is 0.538. The second-order valence-electron chi connectivity index (χ2n) is 5.32. The minimum absolute atomic E-state index is 0.00822. The van der Waals surface area contributed by atoms with Crippen LogP contribution >= 0.6 is 0 Å². The molecule has 0 aliphatic rings. The SMILES string of the molecule is CN(C(=O)CC(N)C(C)(C)C)c1ccccn1. The lowest BCUT2D eigenvalue weighted by Crippen LogP contribution is -2.40. The van der Waals surface area contributed by atoms with Crippen LogP contribution in [0.25, 0.3) is 0 Å². The highest BCUT2D eigenvalue weighted by Crippen LogP contribution is 2.21. The van der Waals surface area contributed by atoms with Crippen LogP contribution in [0.3, 0.4) is 0 Å². The molecule has 1 amide bonds. The minimum Gasteiger partial charge on any atom is -0.327 e. The van der Waals surface area contributed by atoms with Crippen molar-refractivity contribution in [3.63, 3.8) is 0 Å². The number of aromatic nitrogens is 1. The van der Waals surface area contributed by atoms with Crippen molar-refractivity contribution < 1.29 is 4.79 Å². The Labute approximate surface area is 103 Å². The van der Waals surface area contributed by atoms with E-state index in [2.05, 4.69) is 4.98 Å². The van der Waals surface area contributed by atoms with Gasteiger partial charge in [0.15, 0.2) is 0 Å². The maximum Gasteiger partial charge on any atom is 0.229 e. The molecule has 0 saturated heterocycles. The highest BCUT2D eigenvalue weighted by molar-refractivity contribution is 5.92. The second-order valence-corrected chi connectivity index (χ2v) is 5.32. The Morgan fingerprint density at radius 2 is 2.12 bits per heavy atom. The van der Waals surface area contributed by atoms with Crippen molar-refractivity contribution in [2.45, 2.75) is 33.2 Å². The summed E-state index contributed by atoms with van der Waals surface area (Å²) in [6.07, 6.45) is 2.00. The zero-order valence-corrected chi connectivity index (χ0v) is 11.0. The predicted molar refractivity (Wildman–Crippen MR) is 69.7 cm³/mol. The first-order valence-electron chi connectivity index (χ1n) is 5.75. The average molecular weight is 235 g/mol. The molecule has 0 aliphatic carbocycles. The van der Waals surface area contributed by atoms with Gasteiger partial charge in [0, 0.05) is 25.7 Å². The molecule has 0 aromatic carbocycles. The van der Waals surface area contributed by atoms with Gasteiger partial charge in [-0.05, 0) is 17.5 Å². The van der Waals surface area contributed by atoms with E-state index in [0.29, 0.717) is 12.2 Å². The van der Waals surface area contributed by atoms with Gasteiger partial charge >= 0.3 is 0 Å². The van der Waals surface area contributed by atoms with Gasteiger partial charge < -0.3 is 5.73 Å². The number of carbonyl (C=O) groups is 1. The van der Waals surface area contributed by atoms with Crippen molar-refractivity contribution >= 4 is 11.7 Å². The maximum absolute atomic E-state index is 12.0. The third-order valence-electron chi connectivity index (χ3n) is 2.87. The Hall–Kier alpha value is -1.42. The quantitative estimate of drug-likeness (QED) is 0.869. The van der Waals surface area contributed by atoms with Gasteiger partial charge in [-0.1, -0.05) is 26.8 Å². The standard InChI is InChI=1S/C13H21N3O/c1-13(2,3)10(14)9-12(17)16(4)11-7-5-6-8-15-11/h5-8,10H,9,14H2,1-4H3. The predicted octanol–water partition coefficient (Wildman–Crippen LogP) is 1.81. The number of rotatable bonds is 3. The summed E-state index contributed by atoms with van der Waals surface area (Å²) in [4.78, 5) is 17.7. The molecular formula is C13H21N3O. The number of nitrogens with two attached hydrogens (primary N) is 1. The minimum atomic E-state index is -0.152. The lowest BCUT2D eigenvalue weighted by atomic mass is 9.85. The van der Waals surface area contributed by atoms with Crippen LogP contribution in [0.15, 0.2) is 24.4 Å². The number of hydrogen-bond acceptors (Lipinski definition) is 3. The fourth-order valence-corrected chi connectivity index (χ4v) is 1.31. The smallest absolute Gasteiger partial charge is 0.229 e. The van der Waals surface area contributed by atoms with Crippen LogP contribution in [0.1, 0.15) is 27.2 Å².